The highest BCUT2D eigenvalue weighted by Gasteiger charge is 1.95. The van der Waals surface area contributed by atoms with Crippen LogP contribution in [-0.4, -0.2) is 22.9 Å². The number of aliphatic hydroxyl groups excluding tert-OH is 2. The Morgan fingerprint density at radius 2 is 2.14 bits per heavy atom. The molecule has 2 N–H and O–H groups in total. The van der Waals surface area contributed by atoms with E-state index in [-0.39, 0.29) is 6.61 Å². The molecule has 0 radical (unpaired) electrons. The minimum atomic E-state index is -0.495. The fraction of sp³-hybridized carbons (Fsp3) is 1.00. The zero-order valence-electron chi connectivity index (χ0n) is 4.59. The van der Waals surface area contributed by atoms with E-state index in [1.807, 2.05) is 6.92 Å². The third-order valence-corrected chi connectivity index (χ3v) is 0.833. The quantitative estimate of drug-likeness (QED) is 0.534. The molecule has 0 amide bonds. The van der Waals surface area contributed by atoms with Crippen LogP contribution in [0.5, 0.6) is 0 Å². The maximum atomic E-state index is 8.61. The third kappa shape index (κ3) is 3.76. The molecule has 0 aliphatic rings. The highest BCUT2D eigenvalue weighted by molar-refractivity contribution is 4.48. The van der Waals surface area contributed by atoms with E-state index >= 15 is 0 Å². The van der Waals surface area contributed by atoms with E-state index in [4.69, 9.17) is 10.2 Å². The average molecular weight is 104 g/mol. The smallest absolute Gasteiger partial charge is 0.0770 e. The van der Waals surface area contributed by atoms with Crippen molar-refractivity contribution in [3.8, 4) is 0 Å². The highest BCUT2D eigenvalue weighted by atomic mass is 16.3. The van der Waals surface area contributed by atoms with E-state index in [0.29, 0.717) is 6.42 Å². The van der Waals surface area contributed by atoms with Gasteiger partial charge >= 0.3 is 0 Å². The van der Waals surface area contributed by atoms with Crippen LogP contribution in [0.2, 0.25) is 0 Å². The summed E-state index contributed by atoms with van der Waals surface area (Å²) in [6, 6.07) is 0. The average Bonchev–Trinajstić information content (AvgIpc) is 1.68. The Kier molecular flexibility index (Phi) is 4.04. The van der Waals surface area contributed by atoms with Crippen molar-refractivity contribution in [1.82, 2.24) is 0 Å². The van der Waals surface area contributed by atoms with Crippen molar-refractivity contribution in [3.63, 3.8) is 0 Å². The summed E-state index contributed by atoms with van der Waals surface area (Å²) in [4.78, 5) is 0. The van der Waals surface area contributed by atoms with Gasteiger partial charge in [0.05, 0.1) is 12.7 Å². The normalized spacial score (nSPS) is 14.1. The lowest BCUT2D eigenvalue weighted by atomic mass is 10.2. The predicted octanol–water partition coefficient (Wildman–Crippen LogP) is 0.140. The molecular formula is C5H12O2. The highest BCUT2D eigenvalue weighted by Crippen LogP contribution is 1.92. The van der Waals surface area contributed by atoms with Crippen molar-refractivity contribution in [2.24, 2.45) is 0 Å². The second-order valence-electron chi connectivity index (χ2n) is 1.63. The molecule has 0 aromatic carbocycles. The predicted molar refractivity (Wildman–Crippen MR) is 28.0 cm³/mol. The van der Waals surface area contributed by atoms with E-state index in [0.717, 1.165) is 6.42 Å². The van der Waals surface area contributed by atoms with Gasteiger partial charge < -0.3 is 10.2 Å². The largest absolute Gasteiger partial charge is 0.394 e. The van der Waals surface area contributed by atoms with Crippen molar-refractivity contribution in [2.75, 3.05) is 6.61 Å². The summed E-state index contributed by atoms with van der Waals surface area (Å²) >= 11 is 0. The lowest BCUT2D eigenvalue weighted by Crippen LogP contribution is -2.10. The van der Waals surface area contributed by atoms with Gasteiger partial charge in [0.2, 0.25) is 0 Å². The first-order valence-electron chi connectivity index (χ1n) is 2.60. The Hall–Kier alpha value is -0.0800. The molecule has 1 unspecified atom stereocenters. The molecule has 2 nitrogen and oxygen atoms in total. The lowest BCUT2D eigenvalue weighted by Gasteiger charge is -2.01. The first kappa shape index (κ1) is 6.92. The molecule has 0 aliphatic carbocycles. The van der Waals surface area contributed by atoms with Crippen LogP contribution >= 0.6 is 0 Å². The van der Waals surface area contributed by atoms with Crippen molar-refractivity contribution >= 4 is 0 Å². The molecule has 44 valence electrons. The monoisotopic (exact) mass is 104 g/mol. The summed E-state index contributed by atoms with van der Waals surface area (Å²) < 4.78 is 0. The number of rotatable bonds is 3. The standard InChI is InChI=1S/C5H12O2/c1-2-3-5(7)4-6/h5-7H,2-4H2,1H3. The summed E-state index contributed by atoms with van der Waals surface area (Å²) in [5, 5.41) is 16.8. The summed E-state index contributed by atoms with van der Waals surface area (Å²) in [6.07, 6.45) is 1.14. The van der Waals surface area contributed by atoms with Crippen molar-refractivity contribution in [3.05, 3.63) is 0 Å². The third-order valence-electron chi connectivity index (χ3n) is 0.833. The first-order valence-corrected chi connectivity index (χ1v) is 2.60. The first-order chi connectivity index (χ1) is 3.31. The lowest BCUT2D eigenvalue weighted by molar-refractivity contribution is 0.0877. The number of hydrogen-bond acceptors (Lipinski definition) is 2. The molecule has 2 heteroatoms. The summed E-state index contributed by atoms with van der Waals surface area (Å²) in [5.41, 5.74) is 0. The summed E-state index contributed by atoms with van der Waals surface area (Å²) in [7, 11) is 0. The Balaban J connectivity index is 2.83. The summed E-state index contributed by atoms with van der Waals surface area (Å²) in [6.45, 7) is 1.87. The maximum absolute atomic E-state index is 8.61. The molecule has 0 saturated carbocycles. The van der Waals surface area contributed by atoms with Crippen molar-refractivity contribution in [2.45, 2.75) is 25.9 Å². The fourth-order valence-electron chi connectivity index (χ4n) is 0.425. The minimum absolute atomic E-state index is 0.103. The van der Waals surface area contributed by atoms with Crippen molar-refractivity contribution < 1.29 is 10.2 Å². The van der Waals surface area contributed by atoms with Crippen LogP contribution in [0.1, 0.15) is 19.8 Å². The SMILES string of the molecule is CCCC(O)CO. The van der Waals surface area contributed by atoms with Crippen LogP contribution in [0.3, 0.4) is 0 Å². The van der Waals surface area contributed by atoms with Gasteiger partial charge in [-0.25, -0.2) is 0 Å². The summed E-state index contributed by atoms with van der Waals surface area (Å²) in [5.74, 6) is 0. The number of aliphatic hydroxyl groups is 2. The van der Waals surface area contributed by atoms with Gasteiger partial charge in [0.25, 0.3) is 0 Å². The Morgan fingerprint density at radius 3 is 2.29 bits per heavy atom. The van der Waals surface area contributed by atoms with Crippen LogP contribution in [0, 0.1) is 0 Å². The van der Waals surface area contributed by atoms with Crippen LogP contribution in [0.4, 0.5) is 0 Å². The molecule has 0 aromatic heterocycles. The van der Waals surface area contributed by atoms with E-state index in [2.05, 4.69) is 0 Å². The van der Waals surface area contributed by atoms with Gasteiger partial charge in [-0.3, -0.25) is 0 Å². The molecule has 1 atom stereocenters. The second-order valence-corrected chi connectivity index (χ2v) is 1.63. The van der Waals surface area contributed by atoms with Gasteiger partial charge in [-0.1, -0.05) is 13.3 Å². The molecule has 0 bridgehead atoms. The molecule has 7 heavy (non-hydrogen) atoms. The van der Waals surface area contributed by atoms with E-state index in [1.54, 1.807) is 0 Å². The molecule has 0 aromatic rings. The minimum Gasteiger partial charge on any atom is -0.394 e. The van der Waals surface area contributed by atoms with Crippen LogP contribution in [0.15, 0.2) is 0 Å². The molecule has 0 saturated heterocycles. The van der Waals surface area contributed by atoms with Gasteiger partial charge in [-0.05, 0) is 6.42 Å². The van der Waals surface area contributed by atoms with Crippen LogP contribution in [0.25, 0.3) is 0 Å². The zero-order chi connectivity index (χ0) is 5.70. The van der Waals surface area contributed by atoms with E-state index < -0.39 is 6.10 Å². The van der Waals surface area contributed by atoms with Crippen molar-refractivity contribution in [1.29, 1.82) is 0 Å². The second kappa shape index (κ2) is 4.09. The van der Waals surface area contributed by atoms with Gasteiger partial charge in [-0.2, -0.15) is 0 Å². The topological polar surface area (TPSA) is 40.5 Å². The van der Waals surface area contributed by atoms with E-state index in [1.165, 1.54) is 0 Å². The number of hydrogen-bond donors (Lipinski definition) is 2. The van der Waals surface area contributed by atoms with Gasteiger partial charge in [-0.15, -0.1) is 0 Å². The maximum Gasteiger partial charge on any atom is 0.0770 e. The zero-order valence-corrected chi connectivity index (χ0v) is 4.59. The Morgan fingerprint density at radius 1 is 1.57 bits per heavy atom. The molecule has 0 heterocycles. The van der Waals surface area contributed by atoms with Gasteiger partial charge in [0.15, 0.2) is 0 Å². The van der Waals surface area contributed by atoms with Gasteiger partial charge in [0.1, 0.15) is 0 Å². The fourth-order valence-corrected chi connectivity index (χ4v) is 0.425. The molecular weight excluding hydrogens is 92.1 g/mol. The Labute approximate surface area is 43.8 Å². The molecule has 0 fully saturated rings. The molecule has 0 aliphatic heterocycles. The van der Waals surface area contributed by atoms with Crippen LogP contribution < -0.4 is 0 Å². The Bertz CT molecular complexity index is 37.1. The van der Waals surface area contributed by atoms with Gasteiger partial charge in [0, 0.05) is 0 Å². The van der Waals surface area contributed by atoms with Crippen LogP contribution in [-0.2, 0) is 0 Å². The molecule has 0 rings (SSSR count). The molecule has 0 spiro atoms. The van der Waals surface area contributed by atoms with E-state index in [9.17, 15) is 0 Å².